The summed E-state index contributed by atoms with van der Waals surface area (Å²) in [5, 5.41) is 7.05. The average Bonchev–Trinajstić information content (AvgIpc) is 3.13. The molecule has 0 saturated carbocycles. The van der Waals surface area contributed by atoms with E-state index < -0.39 is 0 Å². The molecule has 0 aliphatic carbocycles. The molecule has 0 atom stereocenters. The number of carbonyl (C=O) groups excluding carboxylic acids is 1. The number of methoxy groups -OCH3 is 1. The van der Waals surface area contributed by atoms with Crippen LogP contribution in [0.1, 0.15) is 73.2 Å². The number of hydrogen-bond donors (Lipinski definition) is 1. The molecular formula is C28H34N2O4. The van der Waals surface area contributed by atoms with Gasteiger partial charge in [-0.05, 0) is 60.6 Å². The number of anilines is 1. The zero-order valence-corrected chi connectivity index (χ0v) is 21.1. The number of benzene rings is 2. The van der Waals surface area contributed by atoms with Gasteiger partial charge >= 0.3 is 0 Å². The van der Waals surface area contributed by atoms with E-state index in [0.717, 1.165) is 39.4 Å². The molecule has 0 radical (unpaired) electrons. The number of rotatable bonds is 9. The first kappa shape index (κ1) is 25.1. The minimum atomic E-state index is -0.173. The number of nitrogens with one attached hydrogen (secondary N) is 1. The summed E-state index contributed by atoms with van der Waals surface area (Å²) in [7, 11) is 1.59. The Morgan fingerprint density at radius 3 is 2.29 bits per heavy atom. The standard InChI is InChI=1S/C28H34N2O4/c1-17(2)22-9-8-10-23(18(3)4)28(22)29-27(31)14-12-21-11-13-25(26(15-21)32-7)33-16-24-19(5)30-34-20(24)6/h8-15,17-18H,16H2,1-7H3,(H,29,31)/b14-12+. The van der Waals surface area contributed by atoms with Gasteiger partial charge in [-0.25, -0.2) is 0 Å². The molecule has 0 fully saturated rings. The van der Waals surface area contributed by atoms with Crippen molar-refractivity contribution in [3.8, 4) is 11.5 Å². The molecule has 0 unspecified atom stereocenters. The molecular weight excluding hydrogens is 428 g/mol. The zero-order chi connectivity index (χ0) is 24.8. The predicted molar refractivity (Wildman–Crippen MR) is 136 cm³/mol. The number of carbonyl (C=O) groups is 1. The molecule has 1 N–H and O–H groups in total. The van der Waals surface area contributed by atoms with E-state index in [2.05, 4.69) is 56.4 Å². The Labute approximate surface area is 202 Å². The Hall–Kier alpha value is -3.54. The highest BCUT2D eigenvalue weighted by Crippen LogP contribution is 2.33. The van der Waals surface area contributed by atoms with Gasteiger partial charge in [-0.1, -0.05) is 57.1 Å². The molecule has 6 nitrogen and oxygen atoms in total. The van der Waals surface area contributed by atoms with Gasteiger partial charge in [0.05, 0.1) is 18.4 Å². The summed E-state index contributed by atoms with van der Waals surface area (Å²) >= 11 is 0. The minimum absolute atomic E-state index is 0.173. The second-order valence-electron chi connectivity index (χ2n) is 8.95. The molecule has 3 aromatic rings. The maximum absolute atomic E-state index is 12.8. The smallest absolute Gasteiger partial charge is 0.248 e. The van der Waals surface area contributed by atoms with Crippen molar-refractivity contribution in [2.45, 2.75) is 60.0 Å². The maximum Gasteiger partial charge on any atom is 0.248 e. The lowest BCUT2D eigenvalue weighted by molar-refractivity contribution is -0.111. The Morgan fingerprint density at radius 1 is 1.06 bits per heavy atom. The Balaban J connectivity index is 1.74. The van der Waals surface area contributed by atoms with E-state index in [4.69, 9.17) is 14.0 Å². The van der Waals surface area contributed by atoms with E-state index in [0.29, 0.717) is 29.9 Å². The van der Waals surface area contributed by atoms with Crippen LogP contribution in [0.25, 0.3) is 6.08 Å². The third-order valence-electron chi connectivity index (χ3n) is 5.79. The van der Waals surface area contributed by atoms with Gasteiger partial charge in [0.15, 0.2) is 11.5 Å². The van der Waals surface area contributed by atoms with Gasteiger partial charge < -0.3 is 19.3 Å². The fourth-order valence-corrected chi connectivity index (χ4v) is 3.80. The fourth-order valence-electron chi connectivity index (χ4n) is 3.80. The fraction of sp³-hybridized carbons (Fsp3) is 0.357. The molecule has 0 aliphatic heterocycles. The van der Waals surface area contributed by atoms with E-state index in [1.54, 1.807) is 19.3 Å². The summed E-state index contributed by atoms with van der Waals surface area (Å²) in [5.41, 5.74) is 5.73. The van der Waals surface area contributed by atoms with Crippen LogP contribution >= 0.6 is 0 Å². The first-order chi connectivity index (χ1) is 16.2. The quantitative estimate of drug-likeness (QED) is 0.355. The number of ether oxygens (including phenoxy) is 2. The topological polar surface area (TPSA) is 73.6 Å². The molecule has 34 heavy (non-hydrogen) atoms. The zero-order valence-electron chi connectivity index (χ0n) is 21.1. The van der Waals surface area contributed by atoms with Crippen molar-refractivity contribution in [3.63, 3.8) is 0 Å². The summed E-state index contributed by atoms with van der Waals surface area (Å²) < 4.78 is 16.6. The molecule has 0 spiro atoms. The van der Waals surface area contributed by atoms with Gasteiger partial charge in [0.2, 0.25) is 5.91 Å². The van der Waals surface area contributed by atoms with E-state index in [-0.39, 0.29) is 5.91 Å². The monoisotopic (exact) mass is 462 g/mol. The molecule has 1 heterocycles. The Kier molecular flexibility index (Phi) is 8.16. The van der Waals surface area contributed by atoms with Gasteiger partial charge in [-0.2, -0.15) is 0 Å². The first-order valence-electron chi connectivity index (χ1n) is 11.6. The number of para-hydroxylation sites is 1. The predicted octanol–water partition coefficient (Wildman–Crippen LogP) is 6.78. The van der Waals surface area contributed by atoms with E-state index >= 15 is 0 Å². The molecule has 0 saturated heterocycles. The number of amides is 1. The van der Waals surface area contributed by atoms with E-state index in [1.807, 2.05) is 32.0 Å². The highest BCUT2D eigenvalue weighted by Gasteiger charge is 2.15. The van der Waals surface area contributed by atoms with Crippen molar-refractivity contribution in [2.75, 3.05) is 12.4 Å². The number of aryl methyl sites for hydroxylation is 2. The van der Waals surface area contributed by atoms with Gasteiger partial charge in [0.1, 0.15) is 12.4 Å². The SMILES string of the molecule is COc1cc(/C=C/C(=O)Nc2c(C(C)C)cccc2C(C)C)ccc1OCc1c(C)noc1C. The second kappa shape index (κ2) is 11.1. The van der Waals surface area contributed by atoms with Crippen molar-refractivity contribution < 1.29 is 18.8 Å². The van der Waals surface area contributed by atoms with Crippen LogP contribution in [0.15, 0.2) is 47.0 Å². The third kappa shape index (κ3) is 5.87. The molecule has 0 aliphatic rings. The number of nitrogens with zero attached hydrogens (tertiary/aromatic N) is 1. The van der Waals surface area contributed by atoms with Crippen LogP contribution in [0.2, 0.25) is 0 Å². The lowest BCUT2D eigenvalue weighted by Gasteiger charge is -2.19. The van der Waals surface area contributed by atoms with Gasteiger partial charge in [0, 0.05) is 11.8 Å². The molecule has 3 rings (SSSR count). The van der Waals surface area contributed by atoms with Crippen LogP contribution in [0.4, 0.5) is 5.69 Å². The minimum Gasteiger partial charge on any atom is -0.493 e. The van der Waals surface area contributed by atoms with Crippen molar-refractivity contribution in [3.05, 3.63) is 76.2 Å². The van der Waals surface area contributed by atoms with Crippen LogP contribution in [-0.2, 0) is 11.4 Å². The van der Waals surface area contributed by atoms with Crippen LogP contribution in [0.5, 0.6) is 11.5 Å². The van der Waals surface area contributed by atoms with Crippen molar-refractivity contribution >= 4 is 17.7 Å². The average molecular weight is 463 g/mol. The number of hydrogen-bond acceptors (Lipinski definition) is 5. The van der Waals surface area contributed by atoms with Crippen LogP contribution < -0.4 is 14.8 Å². The van der Waals surface area contributed by atoms with E-state index in [9.17, 15) is 4.79 Å². The Bertz CT molecular complexity index is 1130. The van der Waals surface area contributed by atoms with Gasteiger partial charge in [0.25, 0.3) is 0 Å². The van der Waals surface area contributed by atoms with Crippen LogP contribution in [0, 0.1) is 13.8 Å². The summed E-state index contributed by atoms with van der Waals surface area (Å²) in [6.45, 7) is 12.6. The maximum atomic E-state index is 12.8. The van der Waals surface area contributed by atoms with Crippen molar-refractivity contribution in [1.29, 1.82) is 0 Å². The van der Waals surface area contributed by atoms with E-state index in [1.165, 1.54) is 0 Å². The van der Waals surface area contributed by atoms with Gasteiger partial charge in [-0.3, -0.25) is 4.79 Å². The van der Waals surface area contributed by atoms with Crippen LogP contribution in [-0.4, -0.2) is 18.2 Å². The highest BCUT2D eigenvalue weighted by molar-refractivity contribution is 6.03. The third-order valence-corrected chi connectivity index (χ3v) is 5.79. The number of aromatic nitrogens is 1. The van der Waals surface area contributed by atoms with Gasteiger partial charge in [-0.15, -0.1) is 0 Å². The largest absolute Gasteiger partial charge is 0.493 e. The lowest BCUT2D eigenvalue weighted by Crippen LogP contribution is -2.13. The summed E-state index contributed by atoms with van der Waals surface area (Å²) in [6, 6.07) is 11.8. The molecule has 1 aromatic heterocycles. The summed E-state index contributed by atoms with van der Waals surface area (Å²) in [5.74, 6) is 2.37. The highest BCUT2D eigenvalue weighted by atomic mass is 16.5. The molecule has 6 heteroatoms. The van der Waals surface area contributed by atoms with Crippen molar-refractivity contribution in [2.24, 2.45) is 0 Å². The first-order valence-corrected chi connectivity index (χ1v) is 11.6. The molecule has 1 amide bonds. The molecule has 0 bridgehead atoms. The second-order valence-corrected chi connectivity index (χ2v) is 8.95. The van der Waals surface area contributed by atoms with Crippen molar-refractivity contribution in [1.82, 2.24) is 5.16 Å². The molecule has 180 valence electrons. The Morgan fingerprint density at radius 2 is 1.74 bits per heavy atom. The normalized spacial score (nSPS) is 11.4. The summed E-state index contributed by atoms with van der Waals surface area (Å²) in [4.78, 5) is 12.8. The summed E-state index contributed by atoms with van der Waals surface area (Å²) in [6.07, 6.45) is 3.31. The molecule has 2 aromatic carbocycles. The lowest BCUT2D eigenvalue weighted by atomic mass is 9.92. The van der Waals surface area contributed by atoms with Crippen LogP contribution in [0.3, 0.4) is 0 Å².